The summed E-state index contributed by atoms with van der Waals surface area (Å²) in [4.78, 5) is 24.4. The second-order valence-corrected chi connectivity index (χ2v) is 5.38. The second kappa shape index (κ2) is 8.77. The summed E-state index contributed by atoms with van der Waals surface area (Å²) in [5.41, 5.74) is 0. The molecule has 19 heavy (non-hydrogen) atoms. The predicted molar refractivity (Wildman–Crippen MR) is 76.1 cm³/mol. The molecule has 0 aliphatic carbocycles. The number of carbonyl (C=O) groups excluding carboxylic acids is 1. The normalized spacial score (nSPS) is 15.4. The van der Waals surface area contributed by atoms with Crippen LogP contribution in [0.25, 0.3) is 0 Å². The van der Waals surface area contributed by atoms with Crippen molar-refractivity contribution >= 4 is 12.0 Å². The van der Waals surface area contributed by atoms with Gasteiger partial charge in [-0.05, 0) is 26.2 Å². The van der Waals surface area contributed by atoms with E-state index < -0.39 is 11.9 Å². The lowest BCUT2D eigenvalue weighted by molar-refractivity contribution is -0.141. The molecule has 5 heteroatoms. The van der Waals surface area contributed by atoms with E-state index in [-0.39, 0.29) is 18.6 Å². The van der Waals surface area contributed by atoms with Crippen LogP contribution in [0.3, 0.4) is 0 Å². The van der Waals surface area contributed by atoms with Crippen molar-refractivity contribution < 1.29 is 14.7 Å². The summed E-state index contributed by atoms with van der Waals surface area (Å²) in [7, 11) is 0. The van der Waals surface area contributed by atoms with Gasteiger partial charge in [-0.2, -0.15) is 0 Å². The molecule has 5 nitrogen and oxygen atoms in total. The van der Waals surface area contributed by atoms with Gasteiger partial charge in [-0.15, -0.1) is 0 Å². The van der Waals surface area contributed by atoms with Crippen molar-refractivity contribution in [2.75, 3.05) is 13.1 Å². The number of amides is 2. The Hall–Kier alpha value is -1.26. The zero-order chi connectivity index (χ0) is 15.0. The fourth-order valence-corrected chi connectivity index (χ4v) is 1.90. The Kier molecular flexibility index (Phi) is 8.19. The topological polar surface area (TPSA) is 69.6 Å². The minimum atomic E-state index is -0.876. The van der Waals surface area contributed by atoms with E-state index in [1.807, 2.05) is 13.8 Å². The summed E-state index contributed by atoms with van der Waals surface area (Å²) in [6.07, 6.45) is 2.03. The van der Waals surface area contributed by atoms with Crippen molar-refractivity contribution in [3.8, 4) is 0 Å². The smallest absolute Gasteiger partial charge is 0.317 e. The van der Waals surface area contributed by atoms with Gasteiger partial charge in [-0.1, -0.05) is 27.2 Å². The van der Waals surface area contributed by atoms with Gasteiger partial charge in [-0.3, -0.25) is 4.79 Å². The van der Waals surface area contributed by atoms with Gasteiger partial charge in [-0.25, -0.2) is 4.79 Å². The molecule has 0 aliphatic heterocycles. The molecule has 0 heterocycles. The molecule has 0 saturated heterocycles. The molecule has 0 radical (unpaired) electrons. The first kappa shape index (κ1) is 17.7. The number of hydrogen-bond donors (Lipinski definition) is 2. The number of rotatable bonds is 8. The van der Waals surface area contributed by atoms with Crippen LogP contribution in [0.1, 0.15) is 47.5 Å². The third kappa shape index (κ3) is 7.03. The summed E-state index contributed by atoms with van der Waals surface area (Å²) in [5, 5.41) is 11.8. The number of hydrogen-bond acceptors (Lipinski definition) is 2. The van der Waals surface area contributed by atoms with Crippen molar-refractivity contribution in [3.63, 3.8) is 0 Å². The van der Waals surface area contributed by atoms with Crippen LogP contribution in [0.4, 0.5) is 4.79 Å². The van der Waals surface area contributed by atoms with Crippen molar-refractivity contribution in [2.45, 2.75) is 53.5 Å². The monoisotopic (exact) mass is 272 g/mol. The number of carboxylic acids is 1. The number of nitrogens with zero attached hydrogens (tertiary/aromatic N) is 1. The van der Waals surface area contributed by atoms with Crippen LogP contribution in [0.15, 0.2) is 0 Å². The molecule has 2 N–H and O–H groups in total. The third-order valence-electron chi connectivity index (χ3n) is 3.41. The van der Waals surface area contributed by atoms with Crippen LogP contribution >= 0.6 is 0 Å². The highest BCUT2D eigenvalue weighted by molar-refractivity contribution is 5.76. The lowest BCUT2D eigenvalue weighted by Crippen LogP contribution is -2.46. The van der Waals surface area contributed by atoms with Gasteiger partial charge in [0.25, 0.3) is 0 Å². The summed E-state index contributed by atoms with van der Waals surface area (Å²) in [6.45, 7) is 10.5. The van der Waals surface area contributed by atoms with Crippen LogP contribution in [0.5, 0.6) is 0 Å². The highest BCUT2D eigenvalue weighted by atomic mass is 16.4. The van der Waals surface area contributed by atoms with Crippen molar-refractivity contribution in [1.82, 2.24) is 10.2 Å². The van der Waals surface area contributed by atoms with Crippen LogP contribution < -0.4 is 5.32 Å². The number of carbonyl (C=O) groups is 2. The van der Waals surface area contributed by atoms with Gasteiger partial charge < -0.3 is 15.3 Å². The highest BCUT2D eigenvalue weighted by Gasteiger charge is 2.20. The highest BCUT2D eigenvalue weighted by Crippen LogP contribution is 2.10. The van der Waals surface area contributed by atoms with Crippen molar-refractivity contribution in [2.24, 2.45) is 11.8 Å². The summed E-state index contributed by atoms with van der Waals surface area (Å²) < 4.78 is 0. The molecule has 0 fully saturated rings. The number of aliphatic carboxylic acids is 1. The zero-order valence-electron chi connectivity index (χ0n) is 12.8. The third-order valence-corrected chi connectivity index (χ3v) is 3.41. The minimum Gasteiger partial charge on any atom is -0.481 e. The summed E-state index contributed by atoms with van der Waals surface area (Å²) >= 11 is 0. The largest absolute Gasteiger partial charge is 0.481 e. The average molecular weight is 272 g/mol. The van der Waals surface area contributed by atoms with Gasteiger partial charge >= 0.3 is 12.0 Å². The van der Waals surface area contributed by atoms with E-state index in [9.17, 15) is 9.59 Å². The Morgan fingerprint density at radius 3 is 2.21 bits per heavy atom. The first-order valence-corrected chi connectivity index (χ1v) is 7.09. The Labute approximate surface area is 116 Å². The number of carboxylic acid groups (broad SMARTS) is 1. The molecular formula is C14H28N2O3. The first-order valence-electron chi connectivity index (χ1n) is 7.09. The molecule has 0 aromatic rings. The van der Waals surface area contributed by atoms with Crippen molar-refractivity contribution in [1.29, 1.82) is 0 Å². The number of nitrogens with one attached hydrogen (secondary N) is 1. The molecule has 0 aromatic heterocycles. The lowest BCUT2D eigenvalue weighted by atomic mass is 10.0. The zero-order valence-corrected chi connectivity index (χ0v) is 12.8. The Bertz CT molecular complexity index is 294. The molecule has 0 rings (SSSR count). The molecule has 0 spiro atoms. The molecule has 0 aromatic carbocycles. The molecule has 0 saturated carbocycles. The van der Waals surface area contributed by atoms with E-state index in [4.69, 9.17) is 5.11 Å². The molecule has 3 atom stereocenters. The van der Waals surface area contributed by atoms with E-state index in [2.05, 4.69) is 19.2 Å². The fraction of sp³-hybridized carbons (Fsp3) is 0.857. The SMILES string of the molecule is CCC(C)CC(C)NC(=O)N(CC)CC(C)C(=O)O. The minimum absolute atomic E-state index is 0.108. The van der Waals surface area contributed by atoms with Gasteiger partial charge in [0.2, 0.25) is 0 Å². The molecule has 2 amide bonds. The van der Waals surface area contributed by atoms with Crippen molar-refractivity contribution in [3.05, 3.63) is 0 Å². The van der Waals surface area contributed by atoms with Gasteiger partial charge in [0, 0.05) is 19.1 Å². The Morgan fingerprint density at radius 2 is 1.79 bits per heavy atom. The van der Waals surface area contributed by atoms with Gasteiger partial charge in [0.05, 0.1) is 5.92 Å². The van der Waals surface area contributed by atoms with Crippen LogP contribution in [-0.4, -0.2) is 41.1 Å². The maximum absolute atomic E-state index is 12.0. The van der Waals surface area contributed by atoms with E-state index in [1.54, 1.807) is 11.8 Å². The predicted octanol–water partition coefficient (Wildman–Crippen LogP) is 2.56. The second-order valence-electron chi connectivity index (χ2n) is 5.38. The van der Waals surface area contributed by atoms with Crippen LogP contribution in [0, 0.1) is 11.8 Å². The summed E-state index contributed by atoms with van der Waals surface area (Å²) in [5.74, 6) is -0.849. The summed E-state index contributed by atoms with van der Waals surface area (Å²) in [6, 6.07) is -0.0666. The molecular weight excluding hydrogens is 244 g/mol. The first-order chi connectivity index (χ1) is 8.81. The standard InChI is InChI=1S/C14H28N2O3/c1-6-10(3)8-12(5)15-14(19)16(7-2)9-11(4)13(17)18/h10-12H,6-9H2,1-5H3,(H,15,19)(H,17,18). The lowest BCUT2D eigenvalue weighted by Gasteiger charge is -2.26. The van der Waals surface area contributed by atoms with E-state index in [1.165, 1.54) is 0 Å². The number of urea groups is 1. The van der Waals surface area contributed by atoms with E-state index in [0.29, 0.717) is 12.5 Å². The Morgan fingerprint density at radius 1 is 1.21 bits per heavy atom. The van der Waals surface area contributed by atoms with E-state index in [0.717, 1.165) is 12.8 Å². The van der Waals surface area contributed by atoms with Gasteiger partial charge in [0.15, 0.2) is 0 Å². The quantitative estimate of drug-likeness (QED) is 0.713. The molecule has 0 aliphatic rings. The maximum Gasteiger partial charge on any atom is 0.317 e. The molecule has 112 valence electrons. The van der Waals surface area contributed by atoms with Crippen LogP contribution in [0.2, 0.25) is 0 Å². The maximum atomic E-state index is 12.0. The fourth-order valence-electron chi connectivity index (χ4n) is 1.90. The van der Waals surface area contributed by atoms with Gasteiger partial charge in [0.1, 0.15) is 0 Å². The Balaban J connectivity index is 4.31. The van der Waals surface area contributed by atoms with E-state index >= 15 is 0 Å². The van der Waals surface area contributed by atoms with Crippen LogP contribution in [-0.2, 0) is 4.79 Å². The average Bonchev–Trinajstić information content (AvgIpc) is 2.34. The molecule has 3 unspecified atom stereocenters. The molecule has 0 bridgehead atoms.